The van der Waals surface area contributed by atoms with Crippen molar-refractivity contribution < 1.29 is 0 Å². The van der Waals surface area contributed by atoms with Crippen LogP contribution in [0, 0.1) is 0 Å². The van der Waals surface area contributed by atoms with Gasteiger partial charge in [0.1, 0.15) is 11.6 Å². The lowest BCUT2D eigenvalue weighted by Crippen LogP contribution is -2.01. The Morgan fingerprint density at radius 1 is 0.947 bits per heavy atom. The van der Waals surface area contributed by atoms with E-state index < -0.39 is 0 Å². The van der Waals surface area contributed by atoms with Gasteiger partial charge in [-0.2, -0.15) is 0 Å². The van der Waals surface area contributed by atoms with E-state index >= 15 is 0 Å². The van der Waals surface area contributed by atoms with E-state index in [0.29, 0.717) is 17.3 Å². The number of fused-ring (bicyclic) bond motifs is 1. The average Bonchev–Trinajstić information content (AvgIpc) is 2.43. The molecule has 0 unspecified atom stereocenters. The van der Waals surface area contributed by atoms with E-state index in [9.17, 15) is 0 Å². The molecule has 2 aromatic heterocycles. The van der Waals surface area contributed by atoms with Gasteiger partial charge in [-0.1, -0.05) is 6.07 Å². The van der Waals surface area contributed by atoms with Gasteiger partial charge in [-0.15, -0.1) is 0 Å². The van der Waals surface area contributed by atoms with Gasteiger partial charge in [0, 0.05) is 17.3 Å². The van der Waals surface area contributed by atoms with Crippen molar-refractivity contribution in [1.82, 2.24) is 9.97 Å². The van der Waals surface area contributed by atoms with Gasteiger partial charge < -0.3 is 16.8 Å². The molecule has 3 rings (SSSR count). The maximum Gasteiger partial charge on any atom is 0.149 e. The normalized spacial score (nSPS) is 10.5. The van der Waals surface area contributed by atoms with Crippen molar-refractivity contribution in [3.05, 3.63) is 48.7 Å². The number of nitrogens with zero attached hydrogens (tertiary/aromatic N) is 2. The monoisotopic (exact) mass is 251 g/mol. The predicted molar refractivity (Wildman–Crippen MR) is 78.1 cm³/mol. The number of nitrogen functional groups attached to an aromatic ring is 2. The maximum atomic E-state index is 5.70. The molecular formula is C14H13N5. The van der Waals surface area contributed by atoms with Gasteiger partial charge in [0.05, 0.1) is 11.2 Å². The summed E-state index contributed by atoms with van der Waals surface area (Å²) in [5.74, 6) is 0.978. The van der Waals surface area contributed by atoms with Crippen LogP contribution in [-0.2, 0) is 0 Å². The van der Waals surface area contributed by atoms with Crippen LogP contribution in [0.25, 0.3) is 10.9 Å². The number of nitrogens with one attached hydrogen (secondary N) is 1. The lowest BCUT2D eigenvalue weighted by atomic mass is 10.2. The van der Waals surface area contributed by atoms with Crippen molar-refractivity contribution in [3.8, 4) is 0 Å². The summed E-state index contributed by atoms with van der Waals surface area (Å²) in [6.45, 7) is 0. The standard InChI is InChI=1S/C14H13N5/c15-10-6-7-13(19-14(10)16)18-12-5-1-4-11-9(12)3-2-8-17-11/h1-8H,15H2,(H3,16,18,19). The summed E-state index contributed by atoms with van der Waals surface area (Å²) in [4.78, 5) is 8.51. The van der Waals surface area contributed by atoms with Crippen molar-refractivity contribution in [2.45, 2.75) is 0 Å². The van der Waals surface area contributed by atoms with Crippen LogP contribution in [0.3, 0.4) is 0 Å². The molecule has 5 heteroatoms. The minimum absolute atomic E-state index is 0.323. The molecule has 1 aromatic carbocycles. The van der Waals surface area contributed by atoms with Crippen LogP contribution in [0.4, 0.5) is 23.0 Å². The quantitative estimate of drug-likeness (QED) is 0.651. The first-order chi connectivity index (χ1) is 9.24. The Kier molecular flexibility index (Phi) is 2.64. The second-order valence-corrected chi connectivity index (χ2v) is 4.17. The molecule has 2 heterocycles. The van der Waals surface area contributed by atoms with E-state index in [1.54, 1.807) is 18.3 Å². The Balaban J connectivity index is 2.03. The highest BCUT2D eigenvalue weighted by Crippen LogP contribution is 2.25. The highest BCUT2D eigenvalue weighted by atomic mass is 15.0. The Bertz CT molecular complexity index is 733. The molecule has 0 radical (unpaired) electrons. The molecule has 0 saturated carbocycles. The largest absolute Gasteiger partial charge is 0.396 e. The molecule has 5 nitrogen and oxygen atoms in total. The van der Waals surface area contributed by atoms with E-state index in [2.05, 4.69) is 15.3 Å². The van der Waals surface area contributed by atoms with Crippen LogP contribution in [0.15, 0.2) is 48.7 Å². The summed E-state index contributed by atoms with van der Waals surface area (Å²) in [5.41, 5.74) is 13.7. The summed E-state index contributed by atoms with van der Waals surface area (Å²) in [5, 5.41) is 4.26. The van der Waals surface area contributed by atoms with E-state index in [1.165, 1.54) is 0 Å². The molecule has 0 amide bonds. The summed E-state index contributed by atoms with van der Waals surface area (Å²) >= 11 is 0. The van der Waals surface area contributed by atoms with Crippen molar-refractivity contribution in [3.63, 3.8) is 0 Å². The smallest absolute Gasteiger partial charge is 0.149 e. The van der Waals surface area contributed by atoms with Crippen molar-refractivity contribution >= 4 is 33.9 Å². The van der Waals surface area contributed by atoms with Crippen LogP contribution in [0.2, 0.25) is 0 Å². The van der Waals surface area contributed by atoms with E-state index in [4.69, 9.17) is 11.5 Å². The highest BCUT2D eigenvalue weighted by Gasteiger charge is 2.03. The molecule has 0 aliphatic heterocycles. The summed E-state index contributed by atoms with van der Waals surface area (Å²) in [6.07, 6.45) is 1.77. The zero-order chi connectivity index (χ0) is 13.2. The fourth-order valence-corrected chi connectivity index (χ4v) is 1.91. The molecule has 0 aliphatic carbocycles. The minimum Gasteiger partial charge on any atom is -0.396 e. The van der Waals surface area contributed by atoms with E-state index in [1.807, 2.05) is 30.3 Å². The molecule has 3 aromatic rings. The van der Waals surface area contributed by atoms with Crippen LogP contribution < -0.4 is 16.8 Å². The first-order valence-electron chi connectivity index (χ1n) is 5.87. The lowest BCUT2D eigenvalue weighted by Gasteiger charge is -2.09. The minimum atomic E-state index is 0.323. The highest BCUT2D eigenvalue weighted by molar-refractivity contribution is 5.92. The Labute approximate surface area is 110 Å². The Morgan fingerprint density at radius 3 is 2.68 bits per heavy atom. The number of hydrogen-bond donors (Lipinski definition) is 3. The van der Waals surface area contributed by atoms with Crippen LogP contribution in [0.1, 0.15) is 0 Å². The van der Waals surface area contributed by atoms with Crippen LogP contribution in [-0.4, -0.2) is 9.97 Å². The van der Waals surface area contributed by atoms with Crippen molar-refractivity contribution in [2.24, 2.45) is 0 Å². The topological polar surface area (TPSA) is 89.8 Å². The molecule has 0 aliphatic rings. The Hall–Kier alpha value is -2.82. The van der Waals surface area contributed by atoms with Gasteiger partial charge in [0.25, 0.3) is 0 Å². The van der Waals surface area contributed by atoms with Crippen molar-refractivity contribution in [2.75, 3.05) is 16.8 Å². The zero-order valence-electron chi connectivity index (χ0n) is 10.2. The lowest BCUT2D eigenvalue weighted by molar-refractivity contribution is 1.32. The predicted octanol–water partition coefficient (Wildman–Crippen LogP) is 2.54. The molecule has 0 fully saturated rings. The molecule has 94 valence electrons. The molecule has 5 N–H and O–H groups in total. The van der Waals surface area contributed by atoms with Gasteiger partial charge in [0.15, 0.2) is 0 Å². The van der Waals surface area contributed by atoms with Crippen LogP contribution in [0.5, 0.6) is 0 Å². The number of benzene rings is 1. The van der Waals surface area contributed by atoms with Crippen molar-refractivity contribution in [1.29, 1.82) is 0 Å². The summed E-state index contributed by atoms with van der Waals surface area (Å²) in [7, 11) is 0. The number of nitrogens with two attached hydrogens (primary N) is 2. The molecule has 0 saturated heterocycles. The summed E-state index contributed by atoms with van der Waals surface area (Å²) < 4.78 is 0. The Morgan fingerprint density at radius 2 is 1.84 bits per heavy atom. The third kappa shape index (κ3) is 2.13. The molecule has 0 atom stereocenters. The fraction of sp³-hybridized carbons (Fsp3) is 0. The number of rotatable bonds is 2. The van der Waals surface area contributed by atoms with Gasteiger partial charge in [-0.05, 0) is 36.4 Å². The SMILES string of the molecule is Nc1ccc(Nc2cccc3ncccc23)nc1N. The zero-order valence-corrected chi connectivity index (χ0v) is 10.2. The molecular weight excluding hydrogens is 238 g/mol. The number of aromatic nitrogens is 2. The number of pyridine rings is 2. The molecule has 0 bridgehead atoms. The molecule has 0 spiro atoms. The third-order valence-electron chi connectivity index (χ3n) is 2.87. The first-order valence-corrected chi connectivity index (χ1v) is 5.87. The second kappa shape index (κ2) is 4.45. The van der Waals surface area contributed by atoms with Gasteiger partial charge >= 0.3 is 0 Å². The number of anilines is 4. The second-order valence-electron chi connectivity index (χ2n) is 4.17. The first kappa shape index (κ1) is 11.3. The third-order valence-corrected chi connectivity index (χ3v) is 2.87. The van der Waals surface area contributed by atoms with Gasteiger partial charge in [-0.25, -0.2) is 4.98 Å². The fourth-order valence-electron chi connectivity index (χ4n) is 1.91. The van der Waals surface area contributed by atoms with E-state index in [-0.39, 0.29) is 0 Å². The molecule has 19 heavy (non-hydrogen) atoms. The maximum absolute atomic E-state index is 5.70. The van der Waals surface area contributed by atoms with Crippen LogP contribution >= 0.6 is 0 Å². The van der Waals surface area contributed by atoms with Gasteiger partial charge in [0.2, 0.25) is 0 Å². The summed E-state index contributed by atoms with van der Waals surface area (Å²) in [6, 6.07) is 13.3. The average molecular weight is 251 g/mol. The van der Waals surface area contributed by atoms with Gasteiger partial charge in [-0.3, -0.25) is 4.98 Å². The van der Waals surface area contributed by atoms with E-state index in [0.717, 1.165) is 16.6 Å². The number of hydrogen-bond acceptors (Lipinski definition) is 5.